The molecule has 6 nitrogen and oxygen atoms in total. The second-order valence-corrected chi connectivity index (χ2v) is 5.35. The predicted molar refractivity (Wildman–Crippen MR) is 80.0 cm³/mol. The van der Waals surface area contributed by atoms with Crippen molar-refractivity contribution in [1.82, 2.24) is 15.8 Å². The summed E-state index contributed by atoms with van der Waals surface area (Å²) >= 11 is 1.28. The van der Waals surface area contributed by atoms with E-state index in [0.29, 0.717) is 23.7 Å². The molecule has 0 radical (unpaired) electrons. The minimum absolute atomic E-state index is 0.202. The molecule has 0 atom stereocenters. The molecule has 0 aliphatic rings. The average Bonchev–Trinajstić information content (AvgIpc) is 2.98. The Labute approximate surface area is 127 Å². The van der Waals surface area contributed by atoms with Crippen LogP contribution in [0.25, 0.3) is 0 Å². The predicted octanol–water partition coefficient (Wildman–Crippen LogP) is 1.70. The third kappa shape index (κ3) is 6.88. The Morgan fingerprint density at radius 3 is 2.67 bits per heavy atom. The molecule has 7 heteroatoms. The summed E-state index contributed by atoms with van der Waals surface area (Å²) in [5.41, 5.74) is 1.97. The molecule has 0 aromatic carbocycles. The number of thiazole rings is 1. The molecule has 21 heavy (non-hydrogen) atoms. The van der Waals surface area contributed by atoms with Gasteiger partial charge in [-0.25, -0.2) is 10.5 Å². The maximum Gasteiger partial charge on any atom is 0.270 e. The number of carbonyl (C=O) groups is 2. The van der Waals surface area contributed by atoms with Crippen LogP contribution < -0.4 is 10.8 Å². The van der Waals surface area contributed by atoms with E-state index in [2.05, 4.69) is 16.2 Å². The van der Waals surface area contributed by atoms with E-state index in [0.717, 1.165) is 32.1 Å². The van der Waals surface area contributed by atoms with Crippen molar-refractivity contribution in [3.05, 3.63) is 16.1 Å². The molecule has 0 spiro atoms. The molecule has 0 saturated carbocycles. The lowest BCUT2D eigenvalue weighted by Crippen LogP contribution is -2.24. The standard InChI is InChI=1S/C14H19N3O3S/c1-2-13-16-11(10-21-13)14(19)15-9-7-5-3-4-6-8-12(18)17-20/h1,10,20H,3-9H2,(H,15,19)(H,17,18). The summed E-state index contributed by atoms with van der Waals surface area (Å²) in [6.45, 7) is 0.596. The molecule has 2 amide bonds. The first-order valence-electron chi connectivity index (χ1n) is 6.80. The monoisotopic (exact) mass is 309 g/mol. The summed E-state index contributed by atoms with van der Waals surface area (Å²) < 4.78 is 0. The van der Waals surface area contributed by atoms with Gasteiger partial charge in [0.05, 0.1) is 0 Å². The van der Waals surface area contributed by atoms with Crippen molar-refractivity contribution >= 4 is 23.2 Å². The van der Waals surface area contributed by atoms with Gasteiger partial charge in [-0.1, -0.05) is 19.3 Å². The zero-order valence-electron chi connectivity index (χ0n) is 11.7. The number of amides is 2. The van der Waals surface area contributed by atoms with E-state index in [1.807, 2.05) is 0 Å². The minimum atomic E-state index is -0.350. The number of hydroxylamine groups is 1. The SMILES string of the molecule is C#Cc1nc(C(=O)NCCCCCCCC(=O)NO)cs1. The smallest absolute Gasteiger partial charge is 0.270 e. The van der Waals surface area contributed by atoms with Crippen LogP contribution in [0.4, 0.5) is 0 Å². The fourth-order valence-electron chi connectivity index (χ4n) is 1.73. The number of nitrogens with zero attached hydrogens (tertiary/aromatic N) is 1. The Morgan fingerprint density at radius 1 is 1.29 bits per heavy atom. The number of carbonyl (C=O) groups excluding carboxylic acids is 2. The van der Waals surface area contributed by atoms with Gasteiger partial charge >= 0.3 is 0 Å². The Bertz CT molecular complexity index is 508. The number of aromatic nitrogens is 1. The molecule has 114 valence electrons. The summed E-state index contributed by atoms with van der Waals surface area (Å²) in [7, 11) is 0. The fraction of sp³-hybridized carbons (Fsp3) is 0.500. The normalized spacial score (nSPS) is 9.90. The zero-order chi connectivity index (χ0) is 15.5. The van der Waals surface area contributed by atoms with Crippen LogP contribution in [0.2, 0.25) is 0 Å². The van der Waals surface area contributed by atoms with E-state index in [9.17, 15) is 9.59 Å². The molecule has 0 unspecified atom stereocenters. The second kappa shape index (κ2) is 9.91. The average molecular weight is 309 g/mol. The van der Waals surface area contributed by atoms with E-state index in [1.165, 1.54) is 11.3 Å². The Morgan fingerprint density at radius 2 is 2.00 bits per heavy atom. The fourth-order valence-corrected chi connectivity index (χ4v) is 2.34. The van der Waals surface area contributed by atoms with Gasteiger partial charge in [-0.2, -0.15) is 0 Å². The molecular weight excluding hydrogens is 290 g/mol. The van der Waals surface area contributed by atoms with Crippen molar-refractivity contribution in [3.63, 3.8) is 0 Å². The number of hydrogen-bond donors (Lipinski definition) is 3. The minimum Gasteiger partial charge on any atom is -0.351 e. The zero-order valence-corrected chi connectivity index (χ0v) is 12.5. The maximum absolute atomic E-state index is 11.7. The van der Waals surface area contributed by atoms with E-state index in [-0.39, 0.29) is 11.8 Å². The number of nitrogens with one attached hydrogen (secondary N) is 2. The van der Waals surface area contributed by atoms with Gasteiger partial charge in [0.15, 0.2) is 5.01 Å². The Kier molecular flexibility index (Phi) is 8.09. The Balaban J connectivity index is 2.03. The van der Waals surface area contributed by atoms with Gasteiger partial charge < -0.3 is 5.32 Å². The first kappa shape index (κ1) is 17.1. The third-order valence-corrected chi connectivity index (χ3v) is 3.62. The van der Waals surface area contributed by atoms with Crippen molar-refractivity contribution in [2.45, 2.75) is 38.5 Å². The van der Waals surface area contributed by atoms with Crippen LogP contribution in [0.15, 0.2) is 5.38 Å². The molecular formula is C14H19N3O3S. The van der Waals surface area contributed by atoms with Crippen LogP contribution in [0.3, 0.4) is 0 Å². The van der Waals surface area contributed by atoms with Crippen LogP contribution >= 0.6 is 11.3 Å². The van der Waals surface area contributed by atoms with Gasteiger partial charge in [-0.3, -0.25) is 14.8 Å². The van der Waals surface area contributed by atoms with Crippen molar-refractivity contribution in [2.75, 3.05) is 6.54 Å². The van der Waals surface area contributed by atoms with Gasteiger partial charge in [0, 0.05) is 18.3 Å². The number of hydrogen-bond acceptors (Lipinski definition) is 5. The molecule has 0 aliphatic carbocycles. The van der Waals surface area contributed by atoms with Gasteiger partial charge in [0.2, 0.25) is 5.91 Å². The van der Waals surface area contributed by atoms with E-state index < -0.39 is 0 Å². The highest BCUT2D eigenvalue weighted by atomic mass is 32.1. The van der Waals surface area contributed by atoms with Crippen LogP contribution in [0.5, 0.6) is 0 Å². The highest BCUT2D eigenvalue weighted by Gasteiger charge is 2.08. The summed E-state index contributed by atoms with van der Waals surface area (Å²) in [5.74, 6) is 1.84. The lowest BCUT2D eigenvalue weighted by molar-refractivity contribution is -0.129. The number of terminal acetylenes is 1. The van der Waals surface area contributed by atoms with E-state index in [4.69, 9.17) is 11.6 Å². The van der Waals surface area contributed by atoms with Gasteiger partial charge in [0.1, 0.15) is 5.69 Å². The van der Waals surface area contributed by atoms with Crippen LogP contribution in [-0.4, -0.2) is 28.6 Å². The highest BCUT2D eigenvalue weighted by Crippen LogP contribution is 2.08. The van der Waals surface area contributed by atoms with Crippen molar-refractivity contribution in [1.29, 1.82) is 0 Å². The first-order chi connectivity index (χ1) is 10.2. The molecule has 0 aliphatic heterocycles. The molecule has 0 saturated heterocycles. The third-order valence-electron chi connectivity index (χ3n) is 2.85. The topological polar surface area (TPSA) is 91.3 Å². The quantitative estimate of drug-likeness (QED) is 0.280. The molecule has 3 N–H and O–H groups in total. The molecule has 1 rings (SSSR count). The van der Waals surface area contributed by atoms with E-state index >= 15 is 0 Å². The first-order valence-corrected chi connectivity index (χ1v) is 7.68. The lowest BCUT2D eigenvalue weighted by Gasteiger charge is -2.03. The Hall–Kier alpha value is -1.91. The van der Waals surface area contributed by atoms with Crippen LogP contribution in [-0.2, 0) is 4.79 Å². The summed E-state index contributed by atoms with van der Waals surface area (Å²) in [5, 5.41) is 13.3. The summed E-state index contributed by atoms with van der Waals surface area (Å²) in [6, 6.07) is 0. The molecule has 1 aromatic heterocycles. The summed E-state index contributed by atoms with van der Waals surface area (Å²) in [4.78, 5) is 26.5. The number of rotatable bonds is 9. The second-order valence-electron chi connectivity index (χ2n) is 4.49. The molecule has 0 bridgehead atoms. The van der Waals surface area contributed by atoms with Crippen LogP contribution in [0, 0.1) is 12.3 Å². The largest absolute Gasteiger partial charge is 0.351 e. The van der Waals surface area contributed by atoms with Crippen molar-refractivity contribution < 1.29 is 14.8 Å². The van der Waals surface area contributed by atoms with Gasteiger partial charge in [-0.05, 0) is 18.8 Å². The van der Waals surface area contributed by atoms with E-state index in [1.54, 1.807) is 10.9 Å². The van der Waals surface area contributed by atoms with Crippen molar-refractivity contribution in [3.8, 4) is 12.3 Å². The highest BCUT2D eigenvalue weighted by molar-refractivity contribution is 7.10. The summed E-state index contributed by atoms with van der Waals surface area (Å²) in [6.07, 6.45) is 10.1. The molecule has 1 heterocycles. The number of unbranched alkanes of at least 4 members (excludes halogenated alkanes) is 4. The van der Waals surface area contributed by atoms with Crippen LogP contribution in [0.1, 0.15) is 54.0 Å². The van der Waals surface area contributed by atoms with Crippen molar-refractivity contribution in [2.24, 2.45) is 0 Å². The lowest BCUT2D eigenvalue weighted by atomic mass is 10.1. The molecule has 0 fully saturated rings. The maximum atomic E-state index is 11.7. The molecule has 1 aromatic rings. The van der Waals surface area contributed by atoms with Gasteiger partial charge in [-0.15, -0.1) is 17.8 Å². The van der Waals surface area contributed by atoms with Gasteiger partial charge in [0.25, 0.3) is 5.91 Å².